The molecule has 0 aliphatic heterocycles. The molecule has 0 aliphatic carbocycles. The maximum absolute atomic E-state index is 12.0. The van der Waals surface area contributed by atoms with Crippen LogP contribution in [0.4, 0.5) is 19.0 Å². The topological polar surface area (TPSA) is 64.1 Å². The minimum Gasteiger partial charge on any atom is -0.484 e. The van der Waals surface area contributed by atoms with Crippen LogP contribution >= 0.6 is 0 Å². The number of amides is 1. The van der Waals surface area contributed by atoms with Crippen molar-refractivity contribution in [3.63, 3.8) is 0 Å². The molecule has 0 unspecified atom stereocenters. The smallest absolute Gasteiger partial charge is 0.422 e. The van der Waals surface area contributed by atoms with Gasteiger partial charge in [-0.15, -0.1) is 0 Å². The molecule has 0 bridgehead atoms. The average molecular weight is 325 g/mol. The SMILES string of the molecule is Cc1nccc(NC(=O)Cc2ccc(OCC(F)(F)F)cc2)n1. The molecular weight excluding hydrogens is 311 g/mol. The molecular formula is C15H14F3N3O2. The second-order valence-electron chi connectivity index (χ2n) is 4.76. The highest BCUT2D eigenvalue weighted by Crippen LogP contribution is 2.19. The van der Waals surface area contributed by atoms with Crippen molar-refractivity contribution < 1.29 is 22.7 Å². The van der Waals surface area contributed by atoms with E-state index in [-0.39, 0.29) is 18.1 Å². The minimum absolute atomic E-state index is 0.0720. The van der Waals surface area contributed by atoms with Gasteiger partial charge >= 0.3 is 6.18 Å². The monoisotopic (exact) mass is 325 g/mol. The van der Waals surface area contributed by atoms with Crippen LogP contribution in [0.2, 0.25) is 0 Å². The number of halogens is 3. The Balaban J connectivity index is 1.89. The summed E-state index contributed by atoms with van der Waals surface area (Å²) in [6.45, 7) is 0.356. The van der Waals surface area contributed by atoms with Crippen LogP contribution < -0.4 is 10.1 Å². The van der Waals surface area contributed by atoms with Crippen molar-refractivity contribution in [2.75, 3.05) is 11.9 Å². The summed E-state index contributed by atoms with van der Waals surface area (Å²) in [5.41, 5.74) is 0.646. The number of carbonyl (C=O) groups excluding carboxylic acids is 1. The summed E-state index contributed by atoms with van der Waals surface area (Å²) in [4.78, 5) is 19.8. The number of aromatic nitrogens is 2. The third kappa shape index (κ3) is 5.93. The van der Waals surface area contributed by atoms with Gasteiger partial charge in [-0.1, -0.05) is 12.1 Å². The molecule has 0 atom stereocenters. The summed E-state index contributed by atoms with van der Waals surface area (Å²) in [7, 11) is 0. The van der Waals surface area contributed by atoms with E-state index in [0.717, 1.165) is 0 Å². The van der Waals surface area contributed by atoms with E-state index in [4.69, 9.17) is 0 Å². The molecule has 0 radical (unpaired) electrons. The van der Waals surface area contributed by atoms with E-state index < -0.39 is 12.8 Å². The molecule has 1 heterocycles. The Kier molecular flexibility index (Phi) is 5.15. The third-order valence-electron chi connectivity index (χ3n) is 2.73. The molecule has 1 amide bonds. The van der Waals surface area contributed by atoms with E-state index in [0.29, 0.717) is 17.2 Å². The standard InChI is InChI=1S/C15H14F3N3O2/c1-10-19-7-6-13(20-10)21-14(22)8-11-2-4-12(5-3-11)23-9-15(16,17)18/h2-7H,8-9H2,1H3,(H,19,20,21,22). The molecule has 23 heavy (non-hydrogen) atoms. The number of nitrogens with one attached hydrogen (secondary N) is 1. The second-order valence-corrected chi connectivity index (χ2v) is 4.76. The van der Waals surface area contributed by atoms with Crippen LogP contribution in [0.1, 0.15) is 11.4 Å². The van der Waals surface area contributed by atoms with Crippen LogP contribution in [0.25, 0.3) is 0 Å². The Bertz CT molecular complexity index is 672. The molecule has 0 saturated heterocycles. The van der Waals surface area contributed by atoms with Gasteiger partial charge in [-0.25, -0.2) is 9.97 Å². The lowest BCUT2D eigenvalue weighted by Gasteiger charge is -2.09. The van der Waals surface area contributed by atoms with Gasteiger partial charge in [0.05, 0.1) is 6.42 Å². The Morgan fingerprint density at radius 2 is 1.91 bits per heavy atom. The zero-order chi connectivity index (χ0) is 16.9. The average Bonchev–Trinajstić information content (AvgIpc) is 2.45. The lowest BCUT2D eigenvalue weighted by Crippen LogP contribution is -2.19. The first kappa shape index (κ1) is 16.7. The van der Waals surface area contributed by atoms with E-state index in [1.165, 1.54) is 30.5 Å². The van der Waals surface area contributed by atoms with Crippen LogP contribution in [0.3, 0.4) is 0 Å². The summed E-state index contributed by atoms with van der Waals surface area (Å²) >= 11 is 0. The highest BCUT2D eigenvalue weighted by Gasteiger charge is 2.28. The van der Waals surface area contributed by atoms with Crippen molar-refractivity contribution in [1.82, 2.24) is 9.97 Å². The molecule has 0 aliphatic rings. The van der Waals surface area contributed by atoms with E-state index in [9.17, 15) is 18.0 Å². The van der Waals surface area contributed by atoms with Crippen molar-refractivity contribution in [1.29, 1.82) is 0 Å². The molecule has 2 rings (SSSR count). The molecule has 5 nitrogen and oxygen atoms in total. The maximum Gasteiger partial charge on any atom is 0.422 e. The number of ether oxygens (including phenoxy) is 1. The Morgan fingerprint density at radius 3 is 2.52 bits per heavy atom. The van der Waals surface area contributed by atoms with Crippen molar-refractivity contribution >= 4 is 11.7 Å². The quantitative estimate of drug-likeness (QED) is 0.918. The molecule has 1 aromatic heterocycles. The predicted octanol–water partition coefficient (Wildman–Crippen LogP) is 2.91. The van der Waals surface area contributed by atoms with Gasteiger partial charge in [0.1, 0.15) is 17.4 Å². The van der Waals surface area contributed by atoms with Crippen molar-refractivity contribution in [2.24, 2.45) is 0 Å². The van der Waals surface area contributed by atoms with Crippen LogP contribution in [0.15, 0.2) is 36.5 Å². The molecule has 8 heteroatoms. The van der Waals surface area contributed by atoms with Gasteiger partial charge in [0.25, 0.3) is 0 Å². The first-order chi connectivity index (χ1) is 10.8. The third-order valence-corrected chi connectivity index (χ3v) is 2.73. The summed E-state index contributed by atoms with van der Waals surface area (Å²) in [5.74, 6) is 0.742. The molecule has 2 aromatic rings. The van der Waals surface area contributed by atoms with Gasteiger partial charge in [-0.05, 0) is 30.7 Å². The summed E-state index contributed by atoms with van der Waals surface area (Å²) < 4.78 is 40.7. The summed E-state index contributed by atoms with van der Waals surface area (Å²) in [5, 5.41) is 2.62. The van der Waals surface area contributed by atoms with Crippen molar-refractivity contribution in [3.8, 4) is 5.75 Å². The number of alkyl halides is 3. The summed E-state index contributed by atoms with van der Waals surface area (Å²) in [6.07, 6.45) is -2.78. The highest BCUT2D eigenvalue weighted by atomic mass is 19.4. The number of hydrogen-bond donors (Lipinski definition) is 1. The number of hydrogen-bond acceptors (Lipinski definition) is 4. The molecule has 0 spiro atoms. The van der Waals surface area contributed by atoms with E-state index in [1.54, 1.807) is 13.0 Å². The van der Waals surface area contributed by atoms with Crippen LogP contribution in [0, 0.1) is 6.92 Å². The lowest BCUT2D eigenvalue weighted by atomic mass is 10.1. The van der Waals surface area contributed by atoms with E-state index >= 15 is 0 Å². The molecule has 1 aromatic carbocycles. The highest BCUT2D eigenvalue weighted by molar-refractivity contribution is 5.91. The minimum atomic E-state index is -4.38. The number of benzene rings is 1. The predicted molar refractivity (Wildman–Crippen MR) is 77.1 cm³/mol. The fourth-order valence-corrected chi connectivity index (χ4v) is 1.77. The number of carbonyl (C=O) groups is 1. The first-order valence-electron chi connectivity index (χ1n) is 6.70. The molecule has 0 saturated carbocycles. The number of aryl methyl sites for hydroxylation is 1. The van der Waals surface area contributed by atoms with E-state index in [2.05, 4.69) is 20.0 Å². The number of rotatable bonds is 5. The van der Waals surface area contributed by atoms with Crippen LogP contribution in [-0.2, 0) is 11.2 Å². The normalized spacial score (nSPS) is 11.1. The number of anilines is 1. The molecule has 0 fully saturated rings. The summed E-state index contributed by atoms with van der Waals surface area (Å²) in [6, 6.07) is 7.43. The van der Waals surface area contributed by atoms with Gasteiger partial charge in [0, 0.05) is 6.20 Å². The fraction of sp³-hybridized carbons (Fsp3) is 0.267. The lowest BCUT2D eigenvalue weighted by molar-refractivity contribution is -0.153. The van der Waals surface area contributed by atoms with Crippen molar-refractivity contribution in [2.45, 2.75) is 19.5 Å². The first-order valence-corrected chi connectivity index (χ1v) is 6.70. The van der Waals surface area contributed by atoms with Crippen LogP contribution in [-0.4, -0.2) is 28.7 Å². The largest absolute Gasteiger partial charge is 0.484 e. The fourth-order valence-electron chi connectivity index (χ4n) is 1.77. The van der Waals surface area contributed by atoms with Gasteiger partial charge < -0.3 is 10.1 Å². The Morgan fingerprint density at radius 1 is 1.22 bits per heavy atom. The Labute approximate surface area is 130 Å². The van der Waals surface area contributed by atoms with Crippen molar-refractivity contribution in [3.05, 3.63) is 47.9 Å². The molecule has 1 N–H and O–H groups in total. The Hall–Kier alpha value is -2.64. The second kappa shape index (κ2) is 7.08. The van der Waals surface area contributed by atoms with Crippen LogP contribution in [0.5, 0.6) is 5.75 Å². The van der Waals surface area contributed by atoms with Gasteiger partial charge in [0.2, 0.25) is 5.91 Å². The zero-order valence-corrected chi connectivity index (χ0v) is 12.2. The van der Waals surface area contributed by atoms with Gasteiger partial charge in [-0.3, -0.25) is 4.79 Å². The van der Waals surface area contributed by atoms with Gasteiger partial charge in [-0.2, -0.15) is 13.2 Å². The maximum atomic E-state index is 12.0. The van der Waals surface area contributed by atoms with E-state index in [1.807, 2.05) is 0 Å². The zero-order valence-electron chi connectivity index (χ0n) is 12.2. The molecule has 122 valence electrons. The van der Waals surface area contributed by atoms with Gasteiger partial charge in [0.15, 0.2) is 6.61 Å². The number of nitrogens with zero attached hydrogens (tertiary/aromatic N) is 2.